The van der Waals surface area contributed by atoms with Crippen molar-refractivity contribution in [2.45, 2.75) is 23.8 Å². The number of halogens is 1. The Morgan fingerprint density at radius 3 is 2.70 bits per heavy atom. The Morgan fingerprint density at radius 1 is 1.26 bits per heavy atom. The van der Waals surface area contributed by atoms with E-state index in [9.17, 15) is 8.42 Å². The minimum Gasteiger partial charge on any atom is -0.492 e. The third-order valence-corrected chi connectivity index (χ3v) is 5.50. The molecule has 2 atom stereocenters. The van der Waals surface area contributed by atoms with E-state index < -0.39 is 10.0 Å². The first kappa shape index (κ1) is 18.5. The van der Waals surface area contributed by atoms with E-state index in [1.165, 1.54) is 25.0 Å². The van der Waals surface area contributed by atoms with Crippen molar-refractivity contribution in [2.75, 3.05) is 32.8 Å². The van der Waals surface area contributed by atoms with E-state index in [2.05, 4.69) is 10.2 Å². The highest BCUT2D eigenvalue weighted by molar-refractivity contribution is 7.89. The zero-order valence-corrected chi connectivity index (χ0v) is 14.6. The van der Waals surface area contributed by atoms with E-state index in [1.54, 1.807) is 12.1 Å². The van der Waals surface area contributed by atoms with Crippen LogP contribution in [0.2, 0.25) is 0 Å². The topological polar surface area (TPSA) is 84.7 Å². The number of likely N-dealkylation sites (tertiary alicyclic amines) is 1. The summed E-state index contributed by atoms with van der Waals surface area (Å²) in [5.74, 6) is 1.45. The highest BCUT2D eigenvalue weighted by atomic mass is 35.5. The molecule has 0 bridgehead atoms. The number of nitrogens with one attached hydrogen (secondary N) is 1. The Morgan fingerprint density at radius 2 is 2.00 bits per heavy atom. The fraction of sp³-hybridized carbons (Fsp3) is 0.600. The molecule has 2 heterocycles. The standard InChI is InChI=1S/C15H23N3O3S.ClH/c16-22(19,20)14-3-1-13(2-4-14)21-10-9-18-8-6-15-12(11-18)5-7-17-15;/h1-4,12,15,17H,5-11H2,(H2,16,19,20);1H. The molecule has 2 fully saturated rings. The van der Waals surface area contributed by atoms with Gasteiger partial charge in [0.15, 0.2) is 0 Å². The molecule has 3 rings (SSSR count). The first-order valence-electron chi connectivity index (χ1n) is 7.74. The Balaban J connectivity index is 0.00000192. The summed E-state index contributed by atoms with van der Waals surface area (Å²) in [5.41, 5.74) is 0. The van der Waals surface area contributed by atoms with Crippen LogP contribution in [0.25, 0.3) is 0 Å². The van der Waals surface area contributed by atoms with Crippen LogP contribution in [0.5, 0.6) is 5.75 Å². The number of hydrogen-bond donors (Lipinski definition) is 2. The Labute approximate surface area is 143 Å². The molecule has 8 heteroatoms. The van der Waals surface area contributed by atoms with E-state index in [4.69, 9.17) is 9.88 Å². The SMILES string of the molecule is Cl.NS(=O)(=O)c1ccc(OCCN2CCC3NCCC3C2)cc1. The molecule has 2 saturated heterocycles. The maximum atomic E-state index is 11.2. The average molecular weight is 362 g/mol. The molecular formula is C15H24ClN3O3S. The summed E-state index contributed by atoms with van der Waals surface area (Å²) in [6, 6.07) is 6.95. The first-order chi connectivity index (χ1) is 10.5. The summed E-state index contributed by atoms with van der Waals surface area (Å²) < 4.78 is 28.1. The van der Waals surface area contributed by atoms with Gasteiger partial charge in [-0.05, 0) is 56.1 Å². The van der Waals surface area contributed by atoms with Crippen LogP contribution < -0.4 is 15.2 Å². The fourth-order valence-electron chi connectivity index (χ4n) is 3.34. The highest BCUT2D eigenvalue weighted by Crippen LogP contribution is 2.24. The van der Waals surface area contributed by atoms with Crippen molar-refractivity contribution in [1.82, 2.24) is 10.2 Å². The van der Waals surface area contributed by atoms with Gasteiger partial charge in [-0.15, -0.1) is 12.4 Å². The molecule has 130 valence electrons. The molecule has 1 aromatic rings. The predicted molar refractivity (Wildman–Crippen MR) is 91.5 cm³/mol. The quantitative estimate of drug-likeness (QED) is 0.811. The van der Waals surface area contributed by atoms with Crippen LogP contribution >= 0.6 is 12.4 Å². The van der Waals surface area contributed by atoms with Gasteiger partial charge in [-0.1, -0.05) is 0 Å². The monoisotopic (exact) mass is 361 g/mol. The number of rotatable bonds is 5. The van der Waals surface area contributed by atoms with Gasteiger partial charge in [-0.2, -0.15) is 0 Å². The van der Waals surface area contributed by atoms with Crippen LogP contribution in [-0.4, -0.2) is 52.1 Å². The summed E-state index contributed by atoms with van der Waals surface area (Å²) in [4.78, 5) is 2.56. The molecule has 0 radical (unpaired) electrons. The lowest BCUT2D eigenvalue weighted by Gasteiger charge is -2.34. The molecule has 23 heavy (non-hydrogen) atoms. The summed E-state index contributed by atoms with van der Waals surface area (Å²) in [5, 5.41) is 8.63. The normalized spacial score (nSPS) is 24.7. The maximum Gasteiger partial charge on any atom is 0.238 e. The molecule has 0 aliphatic carbocycles. The number of fused-ring (bicyclic) bond motifs is 1. The predicted octanol–water partition coefficient (Wildman–Crippen LogP) is 0.818. The number of sulfonamides is 1. The van der Waals surface area contributed by atoms with Gasteiger partial charge in [0.2, 0.25) is 10.0 Å². The molecule has 0 amide bonds. The molecule has 0 spiro atoms. The number of primary sulfonamides is 1. The molecule has 2 unspecified atom stereocenters. The summed E-state index contributed by atoms with van der Waals surface area (Å²) in [6.45, 7) is 4.92. The number of piperidine rings is 1. The first-order valence-corrected chi connectivity index (χ1v) is 9.28. The van der Waals surface area contributed by atoms with Crippen LogP contribution in [0.15, 0.2) is 29.2 Å². The second kappa shape index (κ2) is 7.81. The summed E-state index contributed by atoms with van der Waals surface area (Å²) >= 11 is 0. The van der Waals surface area contributed by atoms with Crippen molar-refractivity contribution in [3.05, 3.63) is 24.3 Å². The van der Waals surface area contributed by atoms with Gasteiger partial charge in [0.05, 0.1) is 4.90 Å². The average Bonchev–Trinajstić information content (AvgIpc) is 2.94. The highest BCUT2D eigenvalue weighted by Gasteiger charge is 2.32. The molecule has 2 aliphatic rings. The van der Waals surface area contributed by atoms with Crippen LogP contribution in [0.4, 0.5) is 0 Å². The Bertz CT molecular complexity index is 609. The Hall–Kier alpha value is -0.860. The van der Waals surface area contributed by atoms with Crippen molar-refractivity contribution in [2.24, 2.45) is 11.1 Å². The minimum absolute atomic E-state index is 0. The van der Waals surface area contributed by atoms with Gasteiger partial charge in [0, 0.05) is 19.1 Å². The lowest BCUT2D eigenvalue weighted by Crippen LogP contribution is -2.45. The number of nitrogens with two attached hydrogens (primary N) is 1. The molecule has 0 aromatic heterocycles. The van der Waals surface area contributed by atoms with Gasteiger partial charge < -0.3 is 10.1 Å². The van der Waals surface area contributed by atoms with Gasteiger partial charge in [0.25, 0.3) is 0 Å². The van der Waals surface area contributed by atoms with Gasteiger partial charge in [-0.25, -0.2) is 13.6 Å². The van der Waals surface area contributed by atoms with Crippen molar-refractivity contribution in [3.8, 4) is 5.75 Å². The molecule has 1 aromatic carbocycles. The molecule has 6 nitrogen and oxygen atoms in total. The zero-order valence-electron chi connectivity index (χ0n) is 13.0. The second-order valence-corrected chi connectivity index (χ2v) is 7.62. The van der Waals surface area contributed by atoms with Crippen molar-refractivity contribution >= 4 is 22.4 Å². The summed E-state index contributed by atoms with van der Waals surface area (Å²) in [7, 11) is -3.64. The van der Waals surface area contributed by atoms with Crippen molar-refractivity contribution < 1.29 is 13.2 Å². The van der Waals surface area contributed by atoms with E-state index in [0.717, 1.165) is 32.1 Å². The van der Waals surface area contributed by atoms with Crippen LogP contribution in [-0.2, 0) is 10.0 Å². The number of benzene rings is 1. The minimum atomic E-state index is -3.64. The largest absolute Gasteiger partial charge is 0.492 e. The Kier molecular flexibility index (Phi) is 6.27. The van der Waals surface area contributed by atoms with Crippen molar-refractivity contribution in [3.63, 3.8) is 0 Å². The third kappa shape index (κ3) is 4.81. The van der Waals surface area contributed by atoms with Gasteiger partial charge in [-0.3, -0.25) is 4.90 Å². The molecular weight excluding hydrogens is 338 g/mol. The number of ether oxygens (including phenoxy) is 1. The van der Waals surface area contributed by atoms with Crippen LogP contribution in [0.1, 0.15) is 12.8 Å². The zero-order chi connectivity index (χ0) is 15.6. The van der Waals surface area contributed by atoms with Crippen LogP contribution in [0.3, 0.4) is 0 Å². The fourth-order valence-corrected chi connectivity index (χ4v) is 3.86. The van der Waals surface area contributed by atoms with E-state index >= 15 is 0 Å². The third-order valence-electron chi connectivity index (χ3n) is 4.57. The molecule has 3 N–H and O–H groups in total. The maximum absolute atomic E-state index is 11.2. The van der Waals surface area contributed by atoms with Gasteiger partial charge >= 0.3 is 0 Å². The smallest absolute Gasteiger partial charge is 0.238 e. The van der Waals surface area contributed by atoms with Crippen LogP contribution in [0, 0.1) is 5.92 Å². The van der Waals surface area contributed by atoms with Crippen molar-refractivity contribution in [1.29, 1.82) is 0 Å². The van der Waals surface area contributed by atoms with Gasteiger partial charge in [0.1, 0.15) is 12.4 Å². The van der Waals surface area contributed by atoms with E-state index in [0.29, 0.717) is 18.4 Å². The number of hydrogen-bond acceptors (Lipinski definition) is 5. The lowest BCUT2D eigenvalue weighted by molar-refractivity contribution is 0.138. The second-order valence-electron chi connectivity index (χ2n) is 6.06. The van der Waals surface area contributed by atoms with E-state index in [-0.39, 0.29) is 17.3 Å². The summed E-state index contributed by atoms with van der Waals surface area (Å²) in [6.07, 6.45) is 2.49. The van der Waals surface area contributed by atoms with E-state index in [1.807, 2.05) is 0 Å². The number of nitrogens with zero attached hydrogens (tertiary/aromatic N) is 1. The lowest BCUT2D eigenvalue weighted by atomic mass is 9.93. The molecule has 2 aliphatic heterocycles. The molecule has 0 saturated carbocycles.